The summed E-state index contributed by atoms with van der Waals surface area (Å²) >= 11 is 4.34. The minimum atomic E-state index is -0.0345. The van der Waals surface area contributed by atoms with Gasteiger partial charge in [0.25, 0.3) is 0 Å². The van der Waals surface area contributed by atoms with E-state index in [9.17, 15) is 0 Å². The molecule has 0 aliphatic carbocycles. The van der Waals surface area contributed by atoms with Crippen molar-refractivity contribution >= 4 is 23.5 Å². The second-order valence-electron chi connectivity index (χ2n) is 8.84. The summed E-state index contributed by atoms with van der Waals surface area (Å²) in [5.41, 5.74) is 0. The van der Waals surface area contributed by atoms with Crippen molar-refractivity contribution in [3.63, 3.8) is 0 Å². The highest BCUT2D eigenvalue weighted by molar-refractivity contribution is 8.18. The Kier molecular flexibility index (Phi) is 20.4. The third kappa shape index (κ3) is 15.9. The van der Waals surface area contributed by atoms with E-state index >= 15 is 0 Å². The summed E-state index contributed by atoms with van der Waals surface area (Å²) in [4.78, 5) is 0. The maximum atomic E-state index is 5.88. The van der Waals surface area contributed by atoms with Crippen molar-refractivity contribution in [3.8, 4) is 0 Å². The fourth-order valence-corrected chi connectivity index (χ4v) is 7.58. The van der Waals surface area contributed by atoms with E-state index in [0.29, 0.717) is 4.08 Å². The molecule has 1 rings (SSSR count). The topological polar surface area (TPSA) is 18.5 Å². The number of allylic oxidation sites excluding steroid dienone is 4. The zero-order valence-electron chi connectivity index (χ0n) is 21.5. The first-order valence-corrected chi connectivity index (χ1v) is 15.5. The average molecular weight is 485 g/mol. The number of thioether (sulfide) groups is 2. The van der Waals surface area contributed by atoms with E-state index in [1.807, 2.05) is 0 Å². The fraction of sp³-hybridized carbons (Fsp3) is 0.857. The van der Waals surface area contributed by atoms with Crippen molar-refractivity contribution in [1.29, 1.82) is 0 Å². The van der Waals surface area contributed by atoms with E-state index in [0.717, 1.165) is 26.1 Å². The van der Waals surface area contributed by atoms with Crippen LogP contribution in [0, 0.1) is 0 Å². The predicted molar refractivity (Wildman–Crippen MR) is 148 cm³/mol. The molecule has 32 heavy (non-hydrogen) atoms. The zero-order valence-corrected chi connectivity index (χ0v) is 23.1. The molecule has 0 N–H and O–H groups in total. The van der Waals surface area contributed by atoms with Gasteiger partial charge in [0.2, 0.25) is 0 Å². The number of hydrogen-bond acceptors (Lipinski definition) is 4. The highest BCUT2D eigenvalue weighted by atomic mass is 32.2. The standard InChI is InChI=1S/C28H52O2S2/c1-4-7-8-9-10-11-12-13-14-15-16-17-18-19-20-21-23-28(31-24-22-25-32-28)26-27(29-5-2)30-6-3/h10-11,13-14,27H,4-9,12,15-26H2,1-3H3. The fourth-order valence-electron chi connectivity index (χ4n) is 4.16. The number of hydrogen-bond donors (Lipinski definition) is 0. The van der Waals surface area contributed by atoms with Crippen LogP contribution in [0.15, 0.2) is 24.3 Å². The molecule has 1 saturated heterocycles. The van der Waals surface area contributed by atoms with Crippen LogP contribution in [0.1, 0.15) is 117 Å². The normalized spacial score (nSPS) is 16.6. The minimum absolute atomic E-state index is 0.0345. The second-order valence-corrected chi connectivity index (χ2v) is 12.1. The van der Waals surface area contributed by atoms with Gasteiger partial charge in [-0.1, -0.05) is 76.2 Å². The molecular weight excluding hydrogens is 432 g/mol. The average Bonchev–Trinajstić information content (AvgIpc) is 2.80. The van der Waals surface area contributed by atoms with Gasteiger partial charge in [0.15, 0.2) is 6.29 Å². The van der Waals surface area contributed by atoms with Gasteiger partial charge in [0, 0.05) is 19.6 Å². The summed E-state index contributed by atoms with van der Waals surface area (Å²) in [7, 11) is 0. The summed E-state index contributed by atoms with van der Waals surface area (Å²) in [6.07, 6.45) is 28.9. The number of ether oxygens (including phenoxy) is 2. The SMILES string of the molecule is CCCCCC=CCC=CCCCCCCCCC1(CC(OCC)OCC)SCCCS1. The molecule has 2 nitrogen and oxygen atoms in total. The third-order valence-corrected chi connectivity index (χ3v) is 9.45. The van der Waals surface area contributed by atoms with E-state index in [1.54, 1.807) is 0 Å². The number of unbranched alkanes of at least 4 members (excludes halogenated alkanes) is 9. The highest BCUT2D eigenvalue weighted by Crippen LogP contribution is 2.49. The first-order chi connectivity index (χ1) is 15.8. The molecule has 1 heterocycles. The predicted octanol–water partition coefficient (Wildman–Crippen LogP) is 9.55. The summed E-state index contributed by atoms with van der Waals surface area (Å²) in [5.74, 6) is 2.58. The van der Waals surface area contributed by atoms with Crippen LogP contribution in [0.5, 0.6) is 0 Å². The maximum absolute atomic E-state index is 5.88. The van der Waals surface area contributed by atoms with Gasteiger partial charge in [0.05, 0.1) is 4.08 Å². The summed E-state index contributed by atoms with van der Waals surface area (Å²) < 4.78 is 12.1. The van der Waals surface area contributed by atoms with Crippen LogP contribution in [0.2, 0.25) is 0 Å². The van der Waals surface area contributed by atoms with Crippen LogP contribution < -0.4 is 0 Å². The van der Waals surface area contributed by atoms with E-state index in [1.165, 1.54) is 95.0 Å². The Morgan fingerprint density at radius 2 is 1.28 bits per heavy atom. The summed E-state index contributed by atoms with van der Waals surface area (Å²) in [6.45, 7) is 7.88. The molecule has 0 aromatic rings. The lowest BCUT2D eigenvalue weighted by atomic mass is 10.1. The highest BCUT2D eigenvalue weighted by Gasteiger charge is 2.36. The molecule has 0 radical (unpaired) electrons. The van der Waals surface area contributed by atoms with Gasteiger partial charge in [-0.05, 0) is 70.3 Å². The number of rotatable bonds is 21. The van der Waals surface area contributed by atoms with Gasteiger partial charge in [-0.25, -0.2) is 0 Å². The smallest absolute Gasteiger partial charge is 0.159 e. The Hall–Kier alpha value is 0.1000. The van der Waals surface area contributed by atoms with E-state index in [2.05, 4.69) is 68.6 Å². The first-order valence-electron chi connectivity index (χ1n) is 13.6. The molecule has 0 spiro atoms. The van der Waals surface area contributed by atoms with Crippen LogP contribution in [-0.4, -0.2) is 35.1 Å². The van der Waals surface area contributed by atoms with E-state index in [4.69, 9.17) is 9.47 Å². The Labute approximate surface area is 209 Å². The van der Waals surface area contributed by atoms with Crippen molar-refractivity contribution < 1.29 is 9.47 Å². The third-order valence-electron chi connectivity index (χ3n) is 5.96. The Morgan fingerprint density at radius 1 is 0.719 bits per heavy atom. The first kappa shape index (κ1) is 30.1. The Bertz CT molecular complexity index is 452. The van der Waals surface area contributed by atoms with Gasteiger partial charge in [-0.3, -0.25) is 0 Å². The molecule has 0 unspecified atom stereocenters. The van der Waals surface area contributed by atoms with Gasteiger partial charge < -0.3 is 9.47 Å². The maximum Gasteiger partial charge on any atom is 0.159 e. The Morgan fingerprint density at radius 3 is 1.88 bits per heavy atom. The van der Waals surface area contributed by atoms with Gasteiger partial charge in [-0.15, -0.1) is 23.5 Å². The van der Waals surface area contributed by atoms with E-state index < -0.39 is 0 Å². The molecule has 188 valence electrons. The van der Waals surface area contributed by atoms with Crippen molar-refractivity contribution in [2.75, 3.05) is 24.7 Å². The molecule has 1 fully saturated rings. The van der Waals surface area contributed by atoms with Gasteiger partial charge in [-0.2, -0.15) is 0 Å². The lowest BCUT2D eigenvalue weighted by Gasteiger charge is -2.38. The van der Waals surface area contributed by atoms with Crippen LogP contribution in [0.3, 0.4) is 0 Å². The molecule has 0 aromatic carbocycles. The quantitative estimate of drug-likeness (QED) is 0.0916. The molecule has 4 heteroatoms. The largest absolute Gasteiger partial charge is 0.353 e. The van der Waals surface area contributed by atoms with Crippen molar-refractivity contribution in [3.05, 3.63) is 24.3 Å². The lowest BCUT2D eigenvalue weighted by molar-refractivity contribution is -0.140. The lowest BCUT2D eigenvalue weighted by Crippen LogP contribution is -2.33. The molecule has 0 bridgehead atoms. The van der Waals surface area contributed by atoms with E-state index in [-0.39, 0.29) is 6.29 Å². The molecule has 0 aromatic heterocycles. The van der Waals surface area contributed by atoms with Crippen molar-refractivity contribution in [2.45, 2.75) is 127 Å². The van der Waals surface area contributed by atoms with Crippen LogP contribution in [-0.2, 0) is 9.47 Å². The molecule has 0 saturated carbocycles. The summed E-state index contributed by atoms with van der Waals surface area (Å²) in [5, 5.41) is 0. The summed E-state index contributed by atoms with van der Waals surface area (Å²) in [6, 6.07) is 0. The van der Waals surface area contributed by atoms with Crippen molar-refractivity contribution in [2.24, 2.45) is 0 Å². The zero-order chi connectivity index (χ0) is 23.2. The van der Waals surface area contributed by atoms with Gasteiger partial charge in [0.1, 0.15) is 0 Å². The van der Waals surface area contributed by atoms with Crippen LogP contribution >= 0.6 is 23.5 Å². The van der Waals surface area contributed by atoms with Crippen LogP contribution in [0.4, 0.5) is 0 Å². The Balaban J connectivity index is 2.10. The van der Waals surface area contributed by atoms with Crippen molar-refractivity contribution in [1.82, 2.24) is 0 Å². The minimum Gasteiger partial charge on any atom is -0.353 e. The van der Waals surface area contributed by atoms with Gasteiger partial charge >= 0.3 is 0 Å². The molecule has 1 aliphatic heterocycles. The second kappa shape index (κ2) is 21.6. The molecular formula is C28H52O2S2. The van der Waals surface area contributed by atoms with Crippen LogP contribution in [0.25, 0.3) is 0 Å². The molecule has 0 atom stereocenters. The molecule has 1 aliphatic rings. The molecule has 0 amide bonds. The monoisotopic (exact) mass is 484 g/mol.